The number of nitrogens with one attached hydrogen (secondary N) is 2. The number of hydrogen-bond donors (Lipinski definition) is 2. The molecule has 64 heavy (non-hydrogen) atoms. The lowest BCUT2D eigenvalue weighted by Crippen LogP contribution is -2.32. The molecule has 4 aromatic carbocycles. The maximum atomic E-state index is 13.0. The lowest BCUT2D eigenvalue weighted by atomic mass is 9.89. The first-order valence-electron chi connectivity index (χ1n) is 20.6. The molecule has 1 fully saturated rings. The van der Waals surface area contributed by atoms with E-state index in [9.17, 15) is 22.4 Å². The molecule has 0 aliphatic carbocycles. The van der Waals surface area contributed by atoms with Gasteiger partial charge in [-0.05, 0) is 126 Å². The number of alkyl halides is 3. The summed E-state index contributed by atoms with van der Waals surface area (Å²) in [5, 5.41) is 9.91. The van der Waals surface area contributed by atoms with Crippen LogP contribution in [-0.2, 0) is 19.5 Å². The molecule has 0 atom stereocenters. The molecule has 9 rings (SSSR count). The topological polar surface area (TPSA) is 106 Å². The number of anilines is 2. The van der Waals surface area contributed by atoms with Gasteiger partial charge < -0.3 is 25.0 Å². The molecule has 4 aromatic heterocycles. The fourth-order valence-electron chi connectivity index (χ4n) is 7.49. The highest BCUT2D eigenvalue weighted by Crippen LogP contribution is 2.33. The fourth-order valence-corrected chi connectivity index (χ4v) is 8.38. The van der Waals surface area contributed by atoms with Gasteiger partial charge in [-0.15, -0.1) is 24.5 Å². The predicted octanol–water partition coefficient (Wildman–Crippen LogP) is 12.0. The van der Waals surface area contributed by atoms with Gasteiger partial charge in [0.05, 0.1) is 16.1 Å². The highest BCUT2D eigenvalue weighted by Gasteiger charge is 2.31. The third kappa shape index (κ3) is 11.1. The van der Waals surface area contributed by atoms with E-state index in [0.29, 0.717) is 47.4 Å². The van der Waals surface area contributed by atoms with Gasteiger partial charge in [0.25, 0.3) is 5.91 Å². The molecular weight excluding hydrogens is 866 g/mol. The van der Waals surface area contributed by atoms with Gasteiger partial charge in [-0.3, -0.25) is 9.20 Å². The lowest BCUT2D eigenvalue weighted by Gasteiger charge is -2.34. The number of aryl methyl sites for hydroxylation is 1. The molecule has 2 N–H and O–H groups in total. The van der Waals surface area contributed by atoms with Crippen molar-refractivity contribution in [3.8, 4) is 17.2 Å². The van der Waals surface area contributed by atoms with E-state index in [1.807, 2.05) is 54.8 Å². The number of pyridine rings is 1. The average molecular weight is 908 g/mol. The number of carbonyl (C=O) groups excluding carboxylic acids is 1. The SMILES string of the molecule is CCc1nc2ccc(Cl)cn2c1C(=O)NCc1ccc(N2CCC(c3ccc(OC(F)(F)F)cc3)CC2)cc1.Fc1ccc(Oc2ccc(CNc3ncnc4sccc34)cc2)cc1. The number of halogens is 5. The summed E-state index contributed by atoms with van der Waals surface area (Å²) in [5.74, 6) is 1.75. The normalized spacial score (nSPS) is 13.1. The summed E-state index contributed by atoms with van der Waals surface area (Å²) in [6, 6.07) is 33.6. The van der Waals surface area contributed by atoms with Crippen molar-refractivity contribution in [3.05, 3.63) is 172 Å². The summed E-state index contributed by atoms with van der Waals surface area (Å²) >= 11 is 7.74. The van der Waals surface area contributed by atoms with Crippen LogP contribution >= 0.6 is 22.9 Å². The van der Waals surface area contributed by atoms with Gasteiger partial charge in [0.1, 0.15) is 51.4 Å². The van der Waals surface area contributed by atoms with Crippen LogP contribution in [0.1, 0.15) is 58.6 Å². The highest BCUT2D eigenvalue weighted by molar-refractivity contribution is 7.16. The monoisotopic (exact) mass is 907 g/mol. The summed E-state index contributed by atoms with van der Waals surface area (Å²) in [5.41, 5.74) is 6.11. The highest BCUT2D eigenvalue weighted by atomic mass is 35.5. The predicted molar refractivity (Wildman–Crippen MR) is 242 cm³/mol. The van der Waals surface area contributed by atoms with Gasteiger partial charge >= 0.3 is 6.36 Å². The molecule has 0 radical (unpaired) electrons. The van der Waals surface area contributed by atoms with Gasteiger partial charge in [-0.1, -0.05) is 54.9 Å². The van der Waals surface area contributed by atoms with Crippen LogP contribution in [0, 0.1) is 5.82 Å². The summed E-state index contributed by atoms with van der Waals surface area (Å²) < 4.78 is 61.5. The van der Waals surface area contributed by atoms with Crippen molar-refractivity contribution in [2.24, 2.45) is 0 Å². The van der Waals surface area contributed by atoms with Crippen molar-refractivity contribution in [2.45, 2.75) is 51.6 Å². The zero-order valence-corrected chi connectivity index (χ0v) is 36.1. The third-order valence-electron chi connectivity index (χ3n) is 10.7. The number of amides is 1. The maximum absolute atomic E-state index is 13.0. The molecule has 1 saturated heterocycles. The Morgan fingerprint density at radius 3 is 2.17 bits per heavy atom. The molecule has 1 aliphatic heterocycles. The van der Waals surface area contributed by atoms with Crippen molar-refractivity contribution in [1.82, 2.24) is 24.7 Å². The standard InChI is InChI=1S/C29H28ClF3N4O2.C19H14FN3OS/c1-2-25-27(37-18-22(30)7-12-26(37)35-25)28(38)34-17-19-3-8-23(9-4-19)36-15-13-21(14-16-36)20-5-10-24(11-6-20)39-29(31,32)33;20-14-3-7-16(8-4-14)24-15-5-1-13(2-6-15)11-21-18-17-9-10-25-19(17)23-12-22-18/h3-12,18,21H,2,13-17H2,1H3,(H,34,38);1-10,12H,11H2,(H,21,22,23). The molecule has 8 aromatic rings. The second-order valence-electron chi connectivity index (χ2n) is 15.0. The van der Waals surface area contributed by atoms with E-state index in [1.54, 1.807) is 64.7 Å². The Morgan fingerprint density at radius 2 is 1.48 bits per heavy atom. The van der Waals surface area contributed by atoms with Gasteiger partial charge in [0, 0.05) is 38.1 Å². The van der Waals surface area contributed by atoms with Crippen molar-refractivity contribution < 1.29 is 31.8 Å². The molecule has 0 saturated carbocycles. The largest absolute Gasteiger partial charge is 0.573 e. The van der Waals surface area contributed by atoms with E-state index in [0.717, 1.165) is 70.0 Å². The molecule has 1 aliphatic rings. The minimum Gasteiger partial charge on any atom is -0.457 e. The molecule has 5 heterocycles. The molecule has 0 spiro atoms. The summed E-state index contributed by atoms with van der Waals surface area (Å²) in [4.78, 5) is 29.4. The first kappa shape index (κ1) is 43.9. The molecule has 16 heteroatoms. The number of aromatic nitrogens is 4. The van der Waals surface area contributed by atoms with Gasteiger partial charge in [0.2, 0.25) is 0 Å². The minimum absolute atomic E-state index is 0.200. The number of rotatable bonds is 12. The van der Waals surface area contributed by atoms with Crippen LogP contribution in [0.15, 0.2) is 133 Å². The van der Waals surface area contributed by atoms with Crippen molar-refractivity contribution >= 4 is 56.2 Å². The zero-order chi connectivity index (χ0) is 44.6. The lowest BCUT2D eigenvalue weighted by molar-refractivity contribution is -0.274. The van der Waals surface area contributed by atoms with E-state index in [-0.39, 0.29) is 23.4 Å². The van der Waals surface area contributed by atoms with Crippen molar-refractivity contribution in [1.29, 1.82) is 0 Å². The number of hydrogen-bond acceptors (Lipinski definition) is 9. The van der Waals surface area contributed by atoms with Crippen molar-refractivity contribution in [2.75, 3.05) is 23.3 Å². The molecular formula is C48H42ClF4N7O3S. The number of ether oxygens (including phenoxy) is 2. The average Bonchev–Trinajstić information content (AvgIpc) is 3.94. The van der Waals surface area contributed by atoms with Crippen LogP contribution in [0.5, 0.6) is 17.2 Å². The quantitative estimate of drug-likeness (QED) is 0.117. The van der Waals surface area contributed by atoms with Gasteiger partial charge in [-0.2, -0.15) is 0 Å². The van der Waals surface area contributed by atoms with Gasteiger partial charge in [0.15, 0.2) is 0 Å². The zero-order valence-electron chi connectivity index (χ0n) is 34.5. The summed E-state index contributed by atoms with van der Waals surface area (Å²) in [7, 11) is 0. The molecule has 0 unspecified atom stereocenters. The smallest absolute Gasteiger partial charge is 0.457 e. The van der Waals surface area contributed by atoms with Crippen LogP contribution in [0.2, 0.25) is 5.02 Å². The molecule has 10 nitrogen and oxygen atoms in total. The van der Waals surface area contributed by atoms with Gasteiger partial charge in [-0.25, -0.2) is 19.3 Å². The van der Waals surface area contributed by atoms with E-state index < -0.39 is 6.36 Å². The molecule has 1 amide bonds. The Morgan fingerprint density at radius 1 is 0.828 bits per heavy atom. The van der Waals surface area contributed by atoms with Crippen molar-refractivity contribution in [3.63, 3.8) is 0 Å². The fraction of sp³-hybridized carbons (Fsp3) is 0.208. The number of piperidine rings is 1. The van der Waals surface area contributed by atoms with E-state index in [4.69, 9.17) is 16.3 Å². The number of fused-ring (bicyclic) bond motifs is 2. The van der Waals surface area contributed by atoms with Crippen LogP contribution in [0.4, 0.5) is 29.1 Å². The third-order valence-corrected chi connectivity index (χ3v) is 11.8. The Bertz CT molecular complexity index is 2810. The number of benzene rings is 4. The Hall–Kier alpha value is -6.71. The number of nitrogens with zero attached hydrogens (tertiary/aromatic N) is 5. The molecule has 0 bridgehead atoms. The molecule has 328 valence electrons. The Kier molecular flexibility index (Phi) is 13.6. The summed E-state index contributed by atoms with van der Waals surface area (Å²) in [6.07, 6.45) is 1.02. The Balaban J connectivity index is 0.000000192. The maximum Gasteiger partial charge on any atom is 0.573 e. The van der Waals surface area contributed by atoms with E-state index >= 15 is 0 Å². The summed E-state index contributed by atoms with van der Waals surface area (Å²) in [6.45, 7) is 4.69. The first-order chi connectivity index (χ1) is 31.0. The second kappa shape index (κ2) is 19.8. The van der Waals surface area contributed by atoms with E-state index in [2.05, 4.69) is 47.4 Å². The number of carbonyl (C=O) groups is 1. The van der Waals surface area contributed by atoms with Crippen LogP contribution in [0.25, 0.3) is 15.9 Å². The first-order valence-corrected chi connectivity index (χ1v) is 21.8. The minimum atomic E-state index is -4.68. The second-order valence-corrected chi connectivity index (χ2v) is 16.3. The van der Waals surface area contributed by atoms with Crippen LogP contribution in [0.3, 0.4) is 0 Å². The Labute approximate surface area is 375 Å². The number of thiophene rings is 1. The van der Waals surface area contributed by atoms with Crippen LogP contribution in [-0.4, -0.2) is 44.7 Å². The number of imidazole rings is 1. The van der Waals surface area contributed by atoms with E-state index in [1.165, 1.54) is 24.3 Å². The van der Waals surface area contributed by atoms with Crippen LogP contribution < -0.4 is 25.0 Å².